The van der Waals surface area contributed by atoms with Crippen LogP contribution in [-0.2, 0) is 4.79 Å². The zero-order chi connectivity index (χ0) is 21.5. The van der Waals surface area contributed by atoms with E-state index >= 15 is 0 Å². The van der Waals surface area contributed by atoms with Crippen molar-refractivity contribution in [3.63, 3.8) is 0 Å². The Hall–Kier alpha value is -3.77. The summed E-state index contributed by atoms with van der Waals surface area (Å²) < 4.78 is 10.9. The molecule has 0 aliphatic carbocycles. The zero-order valence-electron chi connectivity index (χ0n) is 16.0. The second-order valence-corrected chi connectivity index (χ2v) is 6.56. The molecule has 0 saturated heterocycles. The fourth-order valence-electron chi connectivity index (χ4n) is 2.55. The van der Waals surface area contributed by atoms with Crippen LogP contribution in [0.3, 0.4) is 0 Å². The maximum absolute atomic E-state index is 12.2. The molecule has 0 aromatic heterocycles. The number of amides is 1. The summed E-state index contributed by atoms with van der Waals surface area (Å²) in [6.07, 6.45) is 1.37. The first kappa shape index (κ1) is 21.0. The van der Waals surface area contributed by atoms with Gasteiger partial charge in [-0.1, -0.05) is 41.9 Å². The molecular weight excluding hydrogens is 406 g/mol. The predicted octanol–water partition coefficient (Wildman–Crippen LogP) is 5.00. The van der Waals surface area contributed by atoms with Crippen LogP contribution in [0.25, 0.3) is 6.08 Å². The minimum atomic E-state index is -1.25. The molecule has 0 atom stereocenters. The van der Waals surface area contributed by atoms with Crippen molar-refractivity contribution in [2.75, 3.05) is 7.11 Å². The molecule has 0 unspecified atom stereocenters. The number of carboxylic acid groups (broad SMARTS) is 1. The van der Waals surface area contributed by atoms with Crippen LogP contribution in [0.4, 0.5) is 0 Å². The van der Waals surface area contributed by atoms with E-state index in [9.17, 15) is 14.7 Å². The van der Waals surface area contributed by atoms with Gasteiger partial charge < -0.3 is 19.9 Å². The third kappa shape index (κ3) is 5.40. The standard InChI is InChI=1S/C23H18ClNO5/c1-29-18-11-12-19(24)21(14-18)30-17-9-7-15(8-10-17)13-20(23(27)28)25-22(26)16-5-3-2-4-6-16/h2-14H,1H3,(H,25,26)(H,27,28)/b20-13-. The highest BCUT2D eigenvalue weighted by Crippen LogP contribution is 2.32. The second kappa shape index (κ2) is 9.62. The largest absolute Gasteiger partial charge is 0.497 e. The molecule has 0 aliphatic heterocycles. The molecular formula is C23H18ClNO5. The number of ether oxygens (including phenoxy) is 2. The van der Waals surface area contributed by atoms with Crippen molar-refractivity contribution < 1.29 is 24.2 Å². The van der Waals surface area contributed by atoms with Gasteiger partial charge in [0.1, 0.15) is 22.9 Å². The Kier molecular flexibility index (Phi) is 6.72. The van der Waals surface area contributed by atoms with E-state index in [2.05, 4.69) is 5.32 Å². The molecule has 3 aromatic carbocycles. The monoisotopic (exact) mass is 423 g/mol. The number of hydrogen-bond acceptors (Lipinski definition) is 4. The van der Waals surface area contributed by atoms with Gasteiger partial charge in [-0.3, -0.25) is 4.79 Å². The number of methoxy groups -OCH3 is 1. The van der Waals surface area contributed by atoms with Crippen molar-refractivity contribution in [2.45, 2.75) is 0 Å². The number of aliphatic carboxylic acids is 1. The van der Waals surface area contributed by atoms with Crippen molar-refractivity contribution in [3.8, 4) is 17.2 Å². The van der Waals surface area contributed by atoms with E-state index in [1.54, 1.807) is 79.9 Å². The van der Waals surface area contributed by atoms with E-state index in [4.69, 9.17) is 21.1 Å². The van der Waals surface area contributed by atoms with E-state index in [1.165, 1.54) is 6.08 Å². The van der Waals surface area contributed by atoms with E-state index in [1.807, 2.05) is 0 Å². The molecule has 3 rings (SSSR count). The lowest BCUT2D eigenvalue weighted by molar-refractivity contribution is -0.132. The number of halogens is 1. The molecule has 7 heteroatoms. The van der Waals surface area contributed by atoms with Gasteiger partial charge in [-0.15, -0.1) is 0 Å². The Morgan fingerprint density at radius 3 is 2.27 bits per heavy atom. The number of nitrogens with one attached hydrogen (secondary N) is 1. The molecule has 0 saturated carbocycles. The lowest BCUT2D eigenvalue weighted by atomic mass is 10.1. The molecule has 0 heterocycles. The first-order valence-electron chi connectivity index (χ1n) is 8.89. The zero-order valence-corrected chi connectivity index (χ0v) is 16.7. The van der Waals surface area contributed by atoms with Gasteiger partial charge in [0.05, 0.1) is 12.1 Å². The third-order valence-corrected chi connectivity index (χ3v) is 4.38. The van der Waals surface area contributed by atoms with Gasteiger partial charge in [0.2, 0.25) is 0 Å². The van der Waals surface area contributed by atoms with Crippen molar-refractivity contribution in [3.05, 3.63) is 94.6 Å². The highest BCUT2D eigenvalue weighted by Gasteiger charge is 2.13. The van der Waals surface area contributed by atoms with Gasteiger partial charge in [-0.05, 0) is 48.0 Å². The van der Waals surface area contributed by atoms with Crippen molar-refractivity contribution >= 4 is 29.6 Å². The first-order chi connectivity index (χ1) is 14.5. The molecule has 3 aromatic rings. The molecule has 0 fully saturated rings. The van der Waals surface area contributed by atoms with Crippen LogP contribution in [-0.4, -0.2) is 24.1 Å². The molecule has 0 bridgehead atoms. The summed E-state index contributed by atoms with van der Waals surface area (Å²) >= 11 is 6.14. The fourth-order valence-corrected chi connectivity index (χ4v) is 2.71. The van der Waals surface area contributed by atoms with Crippen molar-refractivity contribution in [1.29, 1.82) is 0 Å². The molecule has 0 aliphatic rings. The Bertz CT molecular complexity index is 1080. The minimum Gasteiger partial charge on any atom is -0.497 e. The van der Waals surface area contributed by atoms with Gasteiger partial charge in [0.15, 0.2) is 0 Å². The Balaban J connectivity index is 1.76. The number of rotatable bonds is 7. The normalized spacial score (nSPS) is 10.9. The first-order valence-corrected chi connectivity index (χ1v) is 9.27. The molecule has 152 valence electrons. The molecule has 1 amide bonds. The summed E-state index contributed by atoms with van der Waals surface area (Å²) in [7, 11) is 1.55. The molecule has 0 radical (unpaired) electrons. The number of benzene rings is 3. The van der Waals surface area contributed by atoms with E-state index in [-0.39, 0.29) is 5.70 Å². The topological polar surface area (TPSA) is 84.9 Å². The summed E-state index contributed by atoms with van der Waals surface area (Å²) in [4.78, 5) is 23.8. The van der Waals surface area contributed by atoms with E-state index in [0.29, 0.717) is 33.4 Å². The van der Waals surface area contributed by atoms with Crippen LogP contribution < -0.4 is 14.8 Å². The molecule has 2 N–H and O–H groups in total. The Labute approximate surface area is 178 Å². The number of hydrogen-bond donors (Lipinski definition) is 2. The average Bonchev–Trinajstić information content (AvgIpc) is 2.76. The van der Waals surface area contributed by atoms with Crippen LogP contribution in [0.2, 0.25) is 5.02 Å². The smallest absolute Gasteiger partial charge is 0.352 e. The number of carboxylic acids is 1. The van der Waals surface area contributed by atoms with Crippen LogP contribution in [0.1, 0.15) is 15.9 Å². The van der Waals surface area contributed by atoms with E-state index < -0.39 is 11.9 Å². The van der Waals surface area contributed by atoms with Crippen LogP contribution >= 0.6 is 11.6 Å². The third-order valence-electron chi connectivity index (χ3n) is 4.07. The summed E-state index contributed by atoms with van der Waals surface area (Å²) in [6.45, 7) is 0. The van der Waals surface area contributed by atoms with Gasteiger partial charge >= 0.3 is 5.97 Å². The minimum absolute atomic E-state index is 0.242. The van der Waals surface area contributed by atoms with Gasteiger partial charge in [0.25, 0.3) is 5.91 Å². The number of carbonyl (C=O) groups is 2. The van der Waals surface area contributed by atoms with Crippen molar-refractivity contribution in [1.82, 2.24) is 5.32 Å². The summed E-state index contributed by atoms with van der Waals surface area (Å²) in [6, 6.07) is 20.1. The number of carbonyl (C=O) groups excluding carboxylic acids is 1. The maximum Gasteiger partial charge on any atom is 0.352 e. The van der Waals surface area contributed by atoms with E-state index in [0.717, 1.165) is 0 Å². The Morgan fingerprint density at radius 2 is 1.63 bits per heavy atom. The summed E-state index contributed by atoms with van der Waals surface area (Å²) in [5.41, 5.74) is 0.696. The SMILES string of the molecule is COc1ccc(Cl)c(Oc2ccc(/C=C(\NC(=O)c3ccccc3)C(=O)O)cc2)c1. The highest BCUT2D eigenvalue weighted by atomic mass is 35.5. The summed E-state index contributed by atoms with van der Waals surface area (Å²) in [5.74, 6) is -0.206. The second-order valence-electron chi connectivity index (χ2n) is 6.15. The lowest BCUT2D eigenvalue weighted by Crippen LogP contribution is -2.27. The summed E-state index contributed by atoms with van der Waals surface area (Å²) in [5, 5.41) is 12.3. The molecule has 30 heavy (non-hydrogen) atoms. The average molecular weight is 424 g/mol. The highest BCUT2D eigenvalue weighted by molar-refractivity contribution is 6.32. The molecule has 0 spiro atoms. The lowest BCUT2D eigenvalue weighted by Gasteiger charge is -2.10. The quantitative estimate of drug-likeness (QED) is 0.522. The fraction of sp³-hybridized carbons (Fsp3) is 0.0435. The predicted molar refractivity (Wildman–Crippen MR) is 114 cm³/mol. The van der Waals surface area contributed by atoms with Crippen molar-refractivity contribution in [2.24, 2.45) is 0 Å². The Morgan fingerprint density at radius 1 is 0.967 bits per heavy atom. The maximum atomic E-state index is 12.2. The van der Waals surface area contributed by atoms with Crippen LogP contribution in [0.5, 0.6) is 17.2 Å². The van der Waals surface area contributed by atoms with Crippen LogP contribution in [0.15, 0.2) is 78.5 Å². The molecule has 6 nitrogen and oxygen atoms in total. The van der Waals surface area contributed by atoms with Gasteiger partial charge in [-0.2, -0.15) is 0 Å². The van der Waals surface area contributed by atoms with Gasteiger partial charge in [0, 0.05) is 11.6 Å². The van der Waals surface area contributed by atoms with Gasteiger partial charge in [-0.25, -0.2) is 4.79 Å². The van der Waals surface area contributed by atoms with Crippen LogP contribution in [0, 0.1) is 0 Å².